The van der Waals surface area contributed by atoms with Gasteiger partial charge in [0.2, 0.25) is 5.91 Å². The summed E-state index contributed by atoms with van der Waals surface area (Å²) in [5.74, 6) is -0.200. The van der Waals surface area contributed by atoms with Crippen LogP contribution in [0.3, 0.4) is 0 Å². The van der Waals surface area contributed by atoms with Crippen LogP contribution in [0.4, 0.5) is 4.79 Å². The first-order valence-corrected chi connectivity index (χ1v) is 2.86. The number of carboxylic acid groups (broad SMARTS) is 1. The van der Waals surface area contributed by atoms with Gasteiger partial charge in [-0.25, -0.2) is 4.79 Å². The SMILES string of the molecule is O=C1CCNC(=O)N1.O=CO. The van der Waals surface area contributed by atoms with Gasteiger partial charge in [-0.15, -0.1) is 0 Å². The molecule has 6 nitrogen and oxygen atoms in total. The third kappa shape index (κ3) is 4.89. The molecule has 0 bridgehead atoms. The van der Waals surface area contributed by atoms with Gasteiger partial charge in [-0.1, -0.05) is 0 Å². The molecule has 0 unspecified atom stereocenters. The van der Waals surface area contributed by atoms with Crippen molar-refractivity contribution in [2.45, 2.75) is 6.42 Å². The molecule has 1 aliphatic rings. The van der Waals surface area contributed by atoms with Crippen LogP contribution in [0.25, 0.3) is 0 Å². The van der Waals surface area contributed by atoms with Crippen molar-refractivity contribution in [3.8, 4) is 0 Å². The maximum atomic E-state index is 10.3. The largest absolute Gasteiger partial charge is 0.483 e. The second-order valence-corrected chi connectivity index (χ2v) is 1.66. The number of nitrogens with one attached hydrogen (secondary N) is 2. The molecule has 0 radical (unpaired) electrons. The Kier molecular flexibility index (Phi) is 4.46. The van der Waals surface area contributed by atoms with Crippen molar-refractivity contribution in [2.75, 3.05) is 6.54 Å². The third-order valence-corrected chi connectivity index (χ3v) is 0.891. The Bertz CT molecular complexity index is 154. The number of hydrogen-bond acceptors (Lipinski definition) is 3. The molecule has 0 saturated carbocycles. The van der Waals surface area contributed by atoms with Gasteiger partial charge in [0.05, 0.1) is 0 Å². The molecule has 6 heteroatoms. The number of hydrogen-bond donors (Lipinski definition) is 3. The van der Waals surface area contributed by atoms with Crippen molar-refractivity contribution < 1.29 is 19.5 Å². The molecule has 1 saturated heterocycles. The molecule has 0 atom stereocenters. The quantitative estimate of drug-likeness (QED) is 0.392. The van der Waals surface area contributed by atoms with Crippen LogP contribution in [0.15, 0.2) is 0 Å². The van der Waals surface area contributed by atoms with E-state index in [1.165, 1.54) is 0 Å². The summed E-state index contributed by atoms with van der Waals surface area (Å²) in [6.07, 6.45) is 0.395. The van der Waals surface area contributed by atoms with E-state index in [9.17, 15) is 9.59 Å². The topological polar surface area (TPSA) is 95.5 Å². The van der Waals surface area contributed by atoms with Crippen molar-refractivity contribution in [1.29, 1.82) is 0 Å². The lowest BCUT2D eigenvalue weighted by Gasteiger charge is -2.10. The zero-order valence-electron chi connectivity index (χ0n) is 5.66. The van der Waals surface area contributed by atoms with Crippen molar-refractivity contribution >= 4 is 18.4 Å². The molecule has 3 amide bonds. The van der Waals surface area contributed by atoms with Gasteiger partial charge >= 0.3 is 6.03 Å². The number of rotatable bonds is 0. The monoisotopic (exact) mass is 160 g/mol. The van der Waals surface area contributed by atoms with Crippen LogP contribution >= 0.6 is 0 Å². The first-order valence-electron chi connectivity index (χ1n) is 2.86. The predicted octanol–water partition coefficient (Wildman–Crippen LogP) is -1.08. The maximum absolute atomic E-state index is 10.3. The molecule has 1 fully saturated rings. The molecular formula is C5H8N2O4. The van der Waals surface area contributed by atoms with E-state index in [-0.39, 0.29) is 18.4 Å². The van der Waals surface area contributed by atoms with E-state index in [1.807, 2.05) is 0 Å². The number of amides is 3. The van der Waals surface area contributed by atoms with Crippen molar-refractivity contribution in [2.24, 2.45) is 0 Å². The fourth-order valence-electron chi connectivity index (χ4n) is 0.523. The molecule has 0 aromatic carbocycles. The summed E-state index contributed by atoms with van der Waals surface area (Å²) < 4.78 is 0. The molecule has 0 aromatic heterocycles. The van der Waals surface area contributed by atoms with Gasteiger partial charge in [0.1, 0.15) is 0 Å². The molecule has 0 aromatic rings. The highest BCUT2D eigenvalue weighted by Crippen LogP contribution is 1.82. The van der Waals surface area contributed by atoms with Gasteiger partial charge in [-0.3, -0.25) is 14.9 Å². The summed E-state index contributed by atoms with van der Waals surface area (Å²) in [7, 11) is 0. The number of urea groups is 1. The van der Waals surface area contributed by atoms with E-state index in [0.717, 1.165) is 0 Å². The Balaban J connectivity index is 0.000000292. The molecule has 1 aliphatic heterocycles. The van der Waals surface area contributed by atoms with Crippen LogP contribution in [-0.2, 0) is 9.59 Å². The van der Waals surface area contributed by atoms with Crippen molar-refractivity contribution in [3.05, 3.63) is 0 Å². The van der Waals surface area contributed by atoms with Gasteiger partial charge in [-0.2, -0.15) is 0 Å². The normalized spacial score (nSPS) is 15.3. The van der Waals surface area contributed by atoms with Crippen molar-refractivity contribution in [3.63, 3.8) is 0 Å². The van der Waals surface area contributed by atoms with Crippen molar-refractivity contribution in [1.82, 2.24) is 10.6 Å². The highest BCUT2D eigenvalue weighted by molar-refractivity contribution is 5.96. The molecule has 0 aliphatic carbocycles. The van der Waals surface area contributed by atoms with Crippen LogP contribution in [0, 0.1) is 0 Å². The highest BCUT2D eigenvalue weighted by Gasteiger charge is 2.11. The lowest BCUT2D eigenvalue weighted by Crippen LogP contribution is -2.46. The minimum Gasteiger partial charge on any atom is -0.483 e. The minimum absolute atomic E-state index is 0.200. The Morgan fingerprint density at radius 3 is 2.27 bits per heavy atom. The Labute approximate surface area is 62.6 Å². The van der Waals surface area contributed by atoms with E-state index in [0.29, 0.717) is 13.0 Å². The smallest absolute Gasteiger partial charge is 0.321 e. The van der Waals surface area contributed by atoms with Crippen LogP contribution in [-0.4, -0.2) is 30.1 Å². The molecule has 62 valence electrons. The summed E-state index contributed by atoms with van der Waals surface area (Å²) in [6, 6.07) is -0.388. The third-order valence-electron chi connectivity index (χ3n) is 0.891. The lowest BCUT2D eigenvalue weighted by molar-refractivity contribution is -0.123. The summed E-state index contributed by atoms with van der Waals surface area (Å²) >= 11 is 0. The predicted molar refractivity (Wildman–Crippen MR) is 34.9 cm³/mol. The summed E-state index contributed by atoms with van der Waals surface area (Å²) in [5, 5.41) is 11.4. The lowest BCUT2D eigenvalue weighted by atomic mass is 10.3. The first kappa shape index (κ1) is 9.41. The number of imide groups is 1. The average molecular weight is 160 g/mol. The fraction of sp³-hybridized carbons (Fsp3) is 0.400. The van der Waals surface area contributed by atoms with Gasteiger partial charge < -0.3 is 10.4 Å². The van der Waals surface area contributed by atoms with Crippen LogP contribution < -0.4 is 10.6 Å². The summed E-state index contributed by atoms with van der Waals surface area (Å²) in [4.78, 5) is 28.9. The van der Waals surface area contributed by atoms with Crippen LogP contribution in [0.2, 0.25) is 0 Å². The van der Waals surface area contributed by atoms with Crippen LogP contribution in [0.1, 0.15) is 6.42 Å². The molecule has 0 spiro atoms. The first-order chi connectivity index (χ1) is 5.20. The molecule has 3 N–H and O–H groups in total. The van der Waals surface area contributed by atoms with Crippen LogP contribution in [0.5, 0.6) is 0 Å². The Hall–Kier alpha value is -1.59. The number of carbonyl (C=O) groups is 3. The molecule has 1 heterocycles. The van der Waals surface area contributed by atoms with Gasteiger partial charge in [0.15, 0.2) is 0 Å². The summed E-state index contributed by atoms with van der Waals surface area (Å²) in [6.45, 7) is 0.213. The second kappa shape index (κ2) is 5.21. The highest BCUT2D eigenvalue weighted by atomic mass is 16.3. The van der Waals surface area contributed by atoms with E-state index in [1.54, 1.807) is 0 Å². The number of carbonyl (C=O) groups excluding carboxylic acids is 2. The van der Waals surface area contributed by atoms with E-state index in [2.05, 4.69) is 10.6 Å². The maximum Gasteiger partial charge on any atom is 0.321 e. The van der Waals surface area contributed by atoms with E-state index >= 15 is 0 Å². The Morgan fingerprint density at radius 2 is 2.00 bits per heavy atom. The van der Waals surface area contributed by atoms with E-state index in [4.69, 9.17) is 9.90 Å². The van der Waals surface area contributed by atoms with E-state index < -0.39 is 0 Å². The summed E-state index contributed by atoms with van der Waals surface area (Å²) in [5.41, 5.74) is 0. The van der Waals surface area contributed by atoms with Gasteiger partial charge in [-0.05, 0) is 0 Å². The minimum atomic E-state index is -0.388. The van der Waals surface area contributed by atoms with Gasteiger partial charge in [0, 0.05) is 13.0 Å². The zero-order chi connectivity index (χ0) is 8.69. The molecule has 1 rings (SSSR count). The van der Waals surface area contributed by atoms with Gasteiger partial charge in [0.25, 0.3) is 6.47 Å². The molecule has 11 heavy (non-hydrogen) atoms. The fourth-order valence-corrected chi connectivity index (χ4v) is 0.523. The average Bonchev–Trinajstić information content (AvgIpc) is 1.88. The standard InChI is InChI=1S/C4H6N2O2.CH2O2/c7-3-1-2-5-4(8)6-3;2-1-3/h1-2H2,(H2,5,6,7,8);1H,(H,2,3). The molecular weight excluding hydrogens is 152 g/mol. The zero-order valence-corrected chi connectivity index (χ0v) is 5.66. The Morgan fingerprint density at radius 1 is 1.45 bits per heavy atom. The second-order valence-electron chi connectivity index (χ2n) is 1.66.